The van der Waals surface area contributed by atoms with Crippen molar-refractivity contribution in [3.63, 3.8) is 0 Å². The van der Waals surface area contributed by atoms with Crippen molar-refractivity contribution in [3.05, 3.63) is 29.8 Å². The first-order chi connectivity index (χ1) is 8.58. The van der Waals surface area contributed by atoms with Crippen molar-refractivity contribution < 1.29 is 0 Å². The molecule has 0 heterocycles. The first kappa shape index (κ1) is 13.5. The smallest absolute Gasteiger partial charge is 0.0372 e. The van der Waals surface area contributed by atoms with Crippen LogP contribution in [0.2, 0.25) is 0 Å². The van der Waals surface area contributed by atoms with Gasteiger partial charge in [-0.25, -0.2) is 0 Å². The van der Waals surface area contributed by atoms with Gasteiger partial charge in [0.1, 0.15) is 0 Å². The second-order valence-corrected chi connectivity index (χ2v) is 6.39. The maximum Gasteiger partial charge on any atom is 0.0372 e. The highest BCUT2D eigenvalue weighted by atomic mass is 14.9. The maximum absolute atomic E-state index is 3.81. The molecular weight excluding hydrogens is 218 g/mol. The van der Waals surface area contributed by atoms with Gasteiger partial charge in [-0.1, -0.05) is 45.4 Å². The molecule has 0 spiro atoms. The Hall–Kier alpha value is -0.980. The molecule has 3 atom stereocenters. The highest BCUT2D eigenvalue weighted by molar-refractivity contribution is 5.51. The monoisotopic (exact) mass is 245 g/mol. The Morgan fingerprint density at radius 3 is 2.56 bits per heavy atom. The molecule has 3 unspecified atom stereocenters. The third-order valence-electron chi connectivity index (χ3n) is 4.51. The highest BCUT2D eigenvalue weighted by Gasteiger charge is 2.30. The van der Waals surface area contributed by atoms with Crippen LogP contribution in [0.3, 0.4) is 0 Å². The van der Waals surface area contributed by atoms with Gasteiger partial charge in [-0.15, -0.1) is 0 Å². The first-order valence-electron chi connectivity index (χ1n) is 7.40. The van der Waals surface area contributed by atoms with Crippen LogP contribution in [0.5, 0.6) is 0 Å². The second-order valence-electron chi connectivity index (χ2n) is 6.39. The molecule has 18 heavy (non-hydrogen) atoms. The normalized spacial score (nSPS) is 28.4. The molecule has 0 aromatic heterocycles. The van der Waals surface area contributed by atoms with Crippen molar-refractivity contribution in [2.75, 3.05) is 5.32 Å². The van der Waals surface area contributed by atoms with Gasteiger partial charge in [-0.05, 0) is 49.1 Å². The van der Waals surface area contributed by atoms with E-state index in [-0.39, 0.29) is 0 Å². The molecule has 1 fully saturated rings. The van der Waals surface area contributed by atoms with Gasteiger partial charge >= 0.3 is 0 Å². The summed E-state index contributed by atoms with van der Waals surface area (Å²) in [6, 6.07) is 9.30. The zero-order valence-corrected chi connectivity index (χ0v) is 12.2. The average Bonchev–Trinajstić information content (AvgIpc) is 2.32. The Balaban J connectivity index is 2.11. The number of para-hydroxylation sites is 1. The van der Waals surface area contributed by atoms with Crippen LogP contribution in [0, 0.1) is 24.7 Å². The van der Waals surface area contributed by atoms with Crippen LogP contribution in [-0.2, 0) is 0 Å². The third kappa shape index (κ3) is 3.07. The van der Waals surface area contributed by atoms with Gasteiger partial charge < -0.3 is 5.32 Å². The zero-order valence-electron chi connectivity index (χ0n) is 12.2. The number of hydrogen-bond acceptors (Lipinski definition) is 1. The predicted octanol–water partition coefficient (Wildman–Crippen LogP) is 4.87. The molecular formula is C17H27N. The molecule has 0 aliphatic heterocycles. The second kappa shape index (κ2) is 5.77. The van der Waals surface area contributed by atoms with Crippen LogP contribution < -0.4 is 5.32 Å². The summed E-state index contributed by atoms with van der Waals surface area (Å²) in [6.07, 6.45) is 4.09. The van der Waals surface area contributed by atoms with Gasteiger partial charge in [0, 0.05) is 11.7 Å². The van der Waals surface area contributed by atoms with Crippen molar-refractivity contribution in [3.8, 4) is 0 Å². The van der Waals surface area contributed by atoms with Crippen molar-refractivity contribution in [2.45, 2.75) is 53.0 Å². The largest absolute Gasteiger partial charge is 0.382 e. The standard InChI is InChI=1S/C17H27N/c1-12(2)15-10-9-13(3)11-17(15)18-16-8-6-5-7-14(16)4/h5-8,12-13,15,17-18H,9-11H2,1-4H3. The minimum absolute atomic E-state index is 0.648. The fourth-order valence-electron chi connectivity index (χ4n) is 3.30. The van der Waals surface area contributed by atoms with E-state index in [2.05, 4.69) is 57.3 Å². The lowest BCUT2D eigenvalue weighted by Crippen LogP contribution is -2.37. The van der Waals surface area contributed by atoms with Crippen LogP contribution in [0.1, 0.15) is 45.6 Å². The molecule has 2 rings (SSSR count). The van der Waals surface area contributed by atoms with Crippen LogP contribution in [0.15, 0.2) is 24.3 Å². The van der Waals surface area contributed by atoms with Crippen LogP contribution >= 0.6 is 0 Å². The van der Waals surface area contributed by atoms with Gasteiger partial charge in [0.05, 0.1) is 0 Å². The number of hydrogen-bond donors (Lipinski definition) is 1. The Kier molecular flexibility index (Phi) is 4.31. The molecule has 0 amide bonds. The van der Waals surface area contributed by atoms with Gasteiger partial charge in [0.2, 0.25) is 0 Å². The minimum atomic E-state index is 0.648. The molecule has 1 nitrogen and oxygen atoms in total. The zero-order chi connectivity index (χ0) is 13.1. The van der Waals surface area contributed by atoms with Crippen LogP contribution in [0.4, 0.5) is 5.69 Å². The fraction of sp³-hybridized carbons (Fsp3) is 0.647. The third-order valence-corrected chi connectivity index (χ3v) is 4.51. The Bertz CT molecular complexity index is 383. The Morgan fingerprint density at radius 2 is 1.89 bits per heavy atom. The molecule has 1 heteroatoms. The molecule has 0 radical (unpaired) electrons. The van der Waals surface area contributed by atoms with E-state index < -0.39 is 0 Å². The van der Waals surface area contributed by atoms with E-state index in [4.69, 9.17) is 0 Å². The number of anilines is 1. The number of rotatable bonds is 3. The van der Waals surface area contributed by atoms with Crippen molar-refractivity contribution >= 4 is 5.69 Å². The summed E-state index contributed by atoms with van der Waals surface area (Å²) in [4.78, 5) is 0. The summed E-state index contributed by atoms with van der Waals surface area (Å²) in [5.41, 5.74) is 2.68. The lowest BCUT2D eigenvalue weighted by Gasteiger charge is -2.38. The van der Waals surface area contributed by atoms with E-state index in [0.29, 0.717) is 6.04 Å². The molecule has 1 saturated carbocycles. The van der Waals surface area contributed by atoms with Gasteiger partial charge in [0.15, 0.2) is 0 Å². The maximum atomic E-state index is 3.81. The first-order valence-corrected chi connectivity index (χ1v) is 7.40. The topological polar surface area (TPSA) is 12.0 Å². The molecule has 1 aliphatic rings. The van der Waals surface area contributed by atoms with Gasteiger partial charge in [-0.2, -0.15) is 0 Å². The quantitative estimate of drug-likeness (QED) is 0.801. The van der Waals surface area contributed by atoms with E-state index in [1.54, 1.807) is 0 Å². The highest BCUT2D eigenvalue weighted by Crippen LogP contribution is 2.35. The van der Waals surface area contributed by atoms with E-state index >= 15 is 0 Å². The summed E-state index contributed by atoms with van der Waals surface area (Å²) in [5, 5.41) is 3.81. The molecule has 1 aliphatic carbocycles. The van der Waals surface area contributed by atoms with Gasteiger partial charge in [0.25, 0.3) is 0 Å². The molecule has 0 saturated heterocycles. The summed E-state index contributed by atoms with van der Waals surface area (Å²) >= 11 is 0. The van der Waals surface area contributed by atoms with Crippen LogP contribution in [-0.4, -0.2) is 6.04 Å². The molecule has 0 bridgehead atoms. The minimum Gasteiger partial charge on any atom is -0.382 e. The SMILES string of the molecule is Cc1ccccc1NC1CC(C)CCC1C(C)C. The average molecular weight is 245 g/mol. The Morgan fingerprint density at radius 1 is 1.17 bits per heavy atom. The van der Waals surface area contributed by atoms with E-state index in [0.717, 1.165) is 17.8 Å². The molecule has 1 aromatic rings. The van der Waals surface area contributed by atoms with Crippen molar-refractivity contribution in [2.24, 2.45) is 17.8 Å². The van der Waals surface area contributed by atoms with E-state index in [9.17, 15) is 0 Å². The number of benzene rings is 1. The number of nitrogens with one attached hydrogen (secondary N) is 1. The van der Waals surface area contributed by atoms with Crippen LogP contribution in [0.25, 0.3) is 0 Å². The summed E-state index contributed by atoms with van der Waals surface area (Å²) in [7, 11) is 0. The molecule has 100 valence electrons. The van der Waals surface area contributed by atoms with Crippen molar-refractivity contribution in [1.82, 2.24) is 0 Å². The number of aryl methyl sites for hydroxylation is 1. The van der Waals surface area contributed by atoms with Crippen molar-refractivity contribution in [1.29, 1.82) is 0 Å². The predicted molar refractivity (Wildman–Crippen MR) is 79.9 cm³/mol. The molecule has 1 aromatic carbocycles. The van der Waals surface area contributed by atoms with E-state index in [1.165, 1.54) is 30.5 Å². The lowest BCUT2D eigenvalue weighted by atomic mass is 9.74. The lowest BCUT2D eigenvalue weighted by molar-refractivity contribution is 0.212. The summed E-state index contributed by atoms with van der Waals surface area (Å²) in [5.74, 6) is 2.46. The van der Waals surface area contributed by atoms with E-state index in [1.807, 2.05) is 0 Å². The summed E-state index contributed by atoms with van der Waals surface area (Å²) < 4.78 is 0. The van der Waals surface area contributed by atoms with Gasteiger partial charge in [-0.3, -0.25) is 0 Å². The fourth-order valence-corrected chi connectivity index (χ4v) is 3.30. The summed E-state index contributed by atoms with van der Waals surface area (Å²) in [6.45, 7) is 9.32. The molecule has 1 N–H and O–H groups in total. The Labute approximate surface area is 112 Å².